The first-order valence-corrected chi connectivity index (χ1v) is 8.20. The molecule has 4 N–H and O–H groups in total. The van der Waals surface area contributed by atoms with E-state index in [-0.39, 0.29) is 6.54 Å². The second kappa shape index (κ2) is 9.60. The molecule has 2 unspecified atom stereocenters. The Kier molecular flexibility index (Phi) is 8.17. The van der Waals surface area contributed by atoms with E-state index in [1.807, 2.05) is 6.20 Å². The molecule has 2 atom stereocenters. The van der Waals surface area contributed by atoms with Crippen LogP contribution in [0.15, 0.2) is 6.20 Å². The van der Waals surface area contributed by atoms with Gasteiger partial charge in [-0.25, -0.2) is 0 Å². The van der Waals surface area contributed by atoms with Crippen LogP contribution in [0.25, 0.3) is 0 Å². The largest absolute Gasteiger partial charge is 0.468 e. The molecule has 0 bridgehead atoms. The molecule has 1 aromatic heterocycles. The van der Waals surface area contributed by atoms with Gasteiger partial charge in [0.15, 0.2) is 0 Å². The molecule has 0 aliphatic rings. The molecule has 0 fully saturated rings. The quantitative estimate of drug-likeness (QED) is 0.239. The van der Waals surface area contributed by atoms with E-state index in [4.69, 9.17) is 10.8 Å². The lowest BCUT2D eigenvalue weighted by Gasteiger charge is -2.25. The number of nitrogens with zero attached hydrogens (tertiary/aromatic N) is 3. The first kappa shape index (κ1) is 19.6. The summed E-state index contributed by atoms with van der Waals surface area (Å²) in [6.45, 7) is -0.365. The maximum Gasteiger partial charge on any atom is 0.325 e. The van der Waals surface area contributed by atoms with Crippen molar-refractivity contribution in [1.82, 2.24) is 20.3 Å². The summed E-state index contributed by atoms with van der Waals surface area (Å²) in [6, 6.07) is -0.896. The van der Waals surface area contributed by atoms with Crippen LogP contribution in [0.4, 0.5) is 0 Å². The monoisotopic (exact) mass is 345 g/mol. The van der Waals surface area contributed by atoms with Gasteiger partial charge in [0.2, 0.25) is 0 Å². The predicted octanol–water partition coefficient (Wildman–Crippen LogP) is -1.89. The number of carbonyl (C=O) groups excluding carboxylic acids is 2. The zero-order chi connectivity index (χ0) is 17.3. The Balaban J connectivity index is 2.37. The number of aliphatic hydroxyl groups is 1. The summed E-state index contributed by atoms with van der Waals surface area (Å²) in [7, 11) is 3.02. The summed E-state index contributed by atoms with van der Waals surface area (Å²) in [5, 5.41) is 19.7. The van der Waals surface area contributed by atoms with E-state index < -0.39 is 24.2 Å². The van der Waals surface area contributed by atoms with Crippen LogP contribution in [0, 0.1) is 0 Å². The molecule has 0 amide bonds. The molecule has 23 heavy (non-hydrogen) atoms. The van der Waals surface area contributed by atoms with Crippen molar-refractivity contribution in [2.75, 3.05) is 31.8 Å². The number of methoxy groups -OCH3 is 1. The number of hydrogen-bond acceptors (Lipinski definition) is 9. The lowest BCUT2D eigenvalue weighted by Crippen LogP contribution is -2.56. The van der Waals surface area contributed by atoms with E-state index in [0.717, 1.165) is 17.9 Å². The highest BCUT2D eigenvalue weighted by molar-refractivity contribution is 7.99. The van der Waals surface area contributed by atoms with Gasteiger partial charge >= 0.3 is 5.97 Å². The van der Waals surface area contributed by atoms with Gasteiger partial charge in [-0.05, 0) is 5.75 Å². The first-order chi connectivity index (χ1) is 10.9. The SMILES string of the molecule is COC(=O)C(CO)NCC(N)(C=O)CSCCc1cn(C)nn1. The molecule has 1 rings (SSSR count). The van der Waals surface area contributed by atoms with Crippen LogP contribution in [0.1, 0.15) is 5.69 Å². The van der Waals surface area contributed by atoms with E-state index in [9.17, 15) is 9.59 Å². The molecule has 0 radical (unpaired) electrons. The molecule has 10 heteroatoms. The van der Waals surface area contributed by atoms with Gasteiger partial charge in [0.05, 0.1) is 24.9 Å². The molecule has 0 aliphatic heterocycles. The van der Waals surface area contributed by atoms with Crippen molar-refractivity contribution in [2.24, 2.45) is 12.8 Å². The second-order valence-corrected chi connectivity index (χ2v) is 6.28. The minimum absolute atomic E-state index is 0.0645. The third-order valence-electron chi connectivity index (χ3n) is 3.10. The van der Waals surface area contributed by atoms with E-state index in [1.165, 1.54) is 18.9 Å². The first-order valence-electron chi connectivity index (χ1n) is 7.04. The minimum Gasteiger partial charge on any atom is -0.468 e. The van der Waals surface area contributed by atoms with E-state index >= 15 is 0 Å². The maximum atomic E-state index is 11.4. The minimum atomic E-state index is -1.13. The van der Waals surface area contributed by atoms with Gasteiger partial charge in [-0.3, -0.25) is 9.48 Å². The van der Waals surface area contributed by atoms with Crippen molar-refractivity contribution >= 4 is 24.0 Å². The van der Waals surface area contributed by atoms with Gasteiger partial charge in [0, 0.05) is 32.0 Å². The third-order valence-corrected chi connectivity index (χ3v) is 4.34. The van der Waals surface area contributed by atoms with Gasteiger partial charge in [0.25, 0.3) is 0 Å². The van der Waals surface area contributed by atoms with Crippen LogP contribution in [-0.2, 0) is 27.8 Å². The number of nitrogens with two attached hydrogens (primary N) is 1. The van der Waals surface area contributed by atoms with Gasteiger partial charge in [-0.15, -0.1) is 5.10 Å². The number of aliphatic hydroxyl groups excluding tert-OH is 1. The summed E-state index contributed by atoms with van der Waals surface area (Å²) in [5.74, 6) is 0.519. The van der Waals surface area contributed by atoms with Crippen LogP contribution < -0.4 is 11.1 Å². The number of esters is 1. The van der Waals surface area contributed by atoms with Crippen molar-refractivity contribution in [3.05, 3.63) is 11.9 Å². The number of aldehydes is 1. The molecule has 0 saturated heterocycles. The van der Waals surface area contributed by atoms with Crippen LogP contribution in [0.5, 0.6) is 0 Å². The number of hydrogen-bond donors (Lipinski definition) is 3. The number of ether oxygens (including phenoxy) is 1. The summed E-state index contributed by atoms with van der Waals surface area (Å²) in [4.78, 5) is 22.6. The predicted molar refractivity (Wildman–Crippen MR) is 85.9 cm³/mol. The summed E-state index contributed by atoms with van der Waals surface area (Å²) in [6.07, 6.45) is 3.21. The van der Waals surface area contributed by atoms with Crippen LogP contribution in [0.2, 0.25) is 0 Å². The molecule has 9 nitrogen and oxygen atoms in total. The van der Waals surface area contributed by atoms with Gasteiger partial charge in [-0.1, -0.05) is 5.21 Å². The Morgan fingerprint density at radius 2 is 2.43 bits per heavy atom. The molecule has 0 saturated carbocycles. The fraction of sp³-hybridized carbons (Fsp3) is 0.692. The summed E-state index contributed by atoms with van der Waals surface area (Å²) >= 11 is 1.51. The second-order valence-electron chi connectivity index (χ2n) is 5.18. The zero-order valence-corrected chi connectivity index (χ0v) is 14.1. The smallest absolute Gasteiger partial charge is 0.325 e. The number of aromatic nitrogens is 3. The standard InChI is InChI=1S/C13H23N5O4S/c1-18-5-10(16-17-18)3-4-23-9-13(14,8-20)7-15-11(6-19)12(21)22-2/h5,8,11,15,19H,3-4,6-7,9,14H2,1-2H3. The van der Waals surface area contributed by atoms with Gasteiger partial charge < -0.3 is 25.7 Å². The van der Waals surface area contributed by atoms with E-state index in [1.54, 1.807) is 11.7 Å². The Labute approximate surface area is 138 Å². The molecule has 1 aromatic rings. The molecule has 0 aromatic carbocycles. The van der Waals surface area contributed by atoms with E-state index in [2.05, 4.69) is 20.4 Å². The lowest BCUT2D eigenvalue weighted by molar-refractivity contribution is -0.144. The average molecular weight is 345 g/mol. The Morgan fingerprint density at radius 3 is 2.96 bits per heavy atom. The molecule has 1 heterocycles. The van der Waals surface area contributed by atoms with Crippen LogP contribution >= 0.6 is 11.8 Å². The highest BCUT2D eigenvalue weighted by Crippen LogP contribution is 2.11. The Bertz CT molecular complexity index is 512. The zero-order valence-electron chi connectivity index (χ0n) is 13.3. The number of nitrogens with one attached hydrogen (secondary N) is 1. The highest BCUT2D eigenvalue weighted by Gasteiger charge is 2.27. The number of aryl methyl sites for hydroxylation is 2. The number of carbonyl (C=O) groups is 2. The Morgan fingerprint density at radius 1 is 1.70 bits per heavy atom. The van der Waals surface area contributed by atoms with Crippen molar-refractivity contribution in [3.63, 3.8) is 0 Å². The summed E-state index contributed by atoms with van der Waals surface area (Å²) in [5.41, 5.74) is 5.75. The van der Waals surface area contributed by atoms with Gasteiger partial charge in [0.1, 0.15) is 12.3 Å². The van der Waals surface area contributed by atoms with Crippen molar-refractivity contribution in [3.8, 4) is 0 Å². The third kappa shape index (κ3) is 6.65. The number of rotatable bonds is 11. The fourth-order valence-corrected chi connectivity index (χ4v) is 2.80. The lowest BCUT2D eigenvalue weighted by atomic mass is 10.1. The number of thioether (sulfide) groups is 1. The summed E-state index contributed by atoms with van der Waals surface area (Å²) < 4.78 is 6.17. The fourth-order valence-electron chi connectivity index (χ4n) is 1.75. The van der Waals surface area contributed by atoms with Crippen molar-refractivity contribution in [2.45, 2.75) is 18.0 Å². The topological polar surface area (TPSA) is 132 Å². The van der Waals surface area contributed by atoms with Gasteiger partial charge in [-0.2, -0.15) is 11.8 Å². The molecule has 0 aliphatic carbocycles. The molecular formula is C13H23N5O4S. The van der Waals surface area contributed by atoms with E-state index in [0.29, 0.717) is 12.0 Å². The average Bonchev–Trinajstić information content (AvgIpc) is 2.97. The molecule has 130 valence electrons. The van der Waals surface area contributed by atoms with Crippen LogP contribution in [0.3, 0.4) is 0 Å². The normalized spacial score (nSPS) is 15.0. The molecular weight excluding hydrogens is 322 g/mol. The molecule has 0 spiro atoms. The van der Waals surface area contributed by atoms with Crippen molar-refractivity contribution < 1.29 is 19.4 Å². The van der Waals surface area contributed by atoms with Crippen molar-refractivity contribution in [1.29, 1.82) is 0 Å². The maximum absolute atomic E-state index is 11.4. The highest BCUT2D eigenvalue weighted by atomic mass is 32.2. The Hall–Kier alpha value is -1.49. The van der Waals surface area contributed by atoms with Crippen LogP contribution in [-0.4, -0.2) is 75.7 Å².